The molecule has 1 aliphatic carbocycles. The second kappa shape index (κ2) is 6.95. The number of nitrogens with one attached hydrogen (secondary N) is 1. The number of carbonyl (C=O) groups excluding carboxylic acids is 1. The Labute approximate surface area is 127 Å². The molecule has 6 heteroatoms. The second-order valence-electron chi connectivity index (χ2n) is 5.20. The van der Waals surface area contributed by atoms with E-state index < -0.39 is 24.0 Å². The Morgan fingerprint density at radius 1 is 1.33 bits per heavy atom. The molecular weight excluding hydrogens is 290 g/mol. The Morgan fingerprint density at radius 2 is 2.05 bits per heavy atom. The predicted octanol–water partition coefficient (Wildman–Crippen LogP) is 1.22. The minimum Gasteiger partial charge on any atom is -0.480 e. The number of amides is 1. The largest absolute Gasteiger partial charge is 0.480 e. The summed E-state index contributed by atoms with van der Waals surface area (Å²) in [5.74, 6) is -1.50. The number of benzene rings is 1. The van der Waals surface area contributed by atoms with Crippen LogP contribution in [0.2, 0.25) is 0 Å². The molecule has 3 N–H and O–H groups in total. The van der Waals surface area contributed by atoms with E-state index in [4.69, 9.17) is 5.11 Å². The lowest BCUT2D eigenvalue weighted by Crippen LogP contribution is -2.48. The van der Waals surface area contributed by atoms with E-state index in [0.717, 1.165) is 17.7 Å². The lowest BCUT2D eigenvalue weighted by molar-refractivity contribution is -0.144. The predicted molar refractivity (Wildman–Crippen MR) is 80.4 cm³/mol. The molecule has 0 radical (unpaired) electrons. The molecule has 0 spiro atoms. The van der Waals surface area contributed by atoms with Gasteiger partial charge in [-0.05, 0) is 49.4 Å². The maximum atomic E-state index is 11.8. The minimum absolute atomic E-state index is 0.134. The molecule has 21 heavy (non-hydrogen) atoms. The summed E-state index contributed by atoms with van der Waals surface area (Å²) in [6, 6.07) is 4.92. The average Bonchev–Trinajstić information content (AvgIpc) is 2.89. The van der Waals surface area contributed by atoms with E-state index in [1.54, 1.807) is 0 Å². The van der Waals surface area contributed by atoms with Crippen LogP contribution in [0, 0.1) is 0 Å². The molecule has 1 amide bonds. The van der Waals surface area contributed by atoms with Crippen LogP contribution in [-0.2, 0) is 22.4 Å². The fraction of sp³-hybridized carbons (Fsp3) is 0.467. The van der Waals surface area contributed by atoms with Crippen molar-refractivity contribution in [3.05, 3.63) is 29.3 Å². The van der Waals surface area contributed by atoms with Gasteiger partial charge in [0.1, 0.15) is 0 Å². The molecule has 1 aromatic rings. The summed E-state index contributed by atoms with van der Waals surface area (Å²) < 4.78 is 0. The van der Waals surface area contributed by atoms with Crippen LogP contribution >= 0.6 is 11.8 Å². The summed E-state index contributed by atoms with van der Waals surface area (Å²) in [6.07, 6.45) is 2.25. The highest BCUT2D eigenvalue weighted by Gasteiger charge is 2.24. The summed E-state index contributed by atoms with van der Waals surface area (Å²) in [6.45, 7) is 1.34. The molecule has 1 aliphatic rings. The number of rotatable bonds is 6. The van der Waals surface area contributed by atoms with E-state index in [1.807, 2.05) is 6.07 Å². The molecule has 0 saturated carbocycles. The van der Waals surface area contributed by atoms with Crippen molar-refractivity contribution in [3.63, 3.8) is 0 Å². The molecule has 2 atom stereocenters. The Bertz CT molecular complexity index is 544. The van der Waals surface area contributed by atoms with Gasteiger partial charge in [0.15, 0.2) is 6.04 Å². The van der Waals surface area contributed by atoms with Gasteiger partial charge >= 0.3 is 5.97 Å². The molecule has 0 aromatic heterocycles. The Hall–Kier alpha value is -1.53. The molecule has 0 unspecified atom stereocenters. The number of carbonyl (C=O) groups is 2. The van der Waals surface area contributed by atoms with Gasteiger partial charge in [-0.25, -0.2) is 4.79 Å². The lowest BCUT2D eigenvalue weighted by atomic mass is 10.1. The van der Waals surface area contributed by atoms with Crippen LogP contribution in [0.4, 0.5) is 0 Å². The maximum absolute atomic E-state index is 11.8. The van der Waals surface area contributed by atoms with Crippen LogP contribution in [0.15, 0.2) is 23.1 Å². The zero-order valence-corrected chi connectivity index (χ0v) is 12.7. The van der Waals surface area contributed by atoms with E-state index in [9.17, 15) is 14.7 Å². The van der Waals surface area contributed by atoms with Crippen LogP contribution in [0.5, 0.6) is 0 Å². The average molecular weight is 309 g/mol. The molecule has 0 saturated heterocycles. The fourth-order valence-corrected chi connectivity index (χ4v) is 3.16. The molecule has 0 heterocycles. The first-order valence-electron chi connectivity index (χ1n) is 6.92. The van der Waals surface area contributed by atoms with Crippen molar-refractivity contribution in [2.75, 3.05) is 5.75 Å². The summed E-state index contributed by atoms with van der Waals surface area (Å²) >= 11 is 1.37. The third kappa shape index (κ3) is 4.22. The number of fused-ring (bicyclic) bond motifs is 1. The molecule has 1 aromatic carbocycles. The number of carboxylic acid groups (broad SMARTS) is 1. The van der Waals surface area contributed by atoms with Gasteiger partial charge in [-0.3, -0.25) is 4.79 Å². The van der Waals surface area contributed by atoms with Gasteiger partial charge in [-0.1, -0.05) is 6.07 Å². The number of aliphatic hydroxyl groups excluding tert-OH is 1. The standard InChI is InChI=1S/C15H19NO4S/c1-9(17)14(15(19)20)16-13(18)8-21-12-6-5-10-3-2-4-11(10)7-12/h5-7,9,14,17H,2-4,8H2,1H3,(H,16,18)(H,19,20)/t9-,14+/m1/s1. The van der Waals surface area contributed by atoms with Gasteiger partial charge in [-0.15, -0.1) is 11.8 Å². The minimum atomic E-state index is -1.27. The first-order chi connectivity index (χ1) is 9.97. The van der Waals surface area contributed by atoms with Gasteiger partial charge < -0.3 is 15.5 Å². The Morgan fingerprint density at radius 3 is 2.71 bits per heavy atom. The van der Waals surface area contributed by atoms with Gasteiger partial charge in [0.2, 0.25) is 5.91 Å². The fourth-order valence-electron chi connectivity index (χ4n) is 2.39. The maximum Gasteiger partial charge on any atom is 0.328 e. The summed E-state index contributed by atoms with van der Waals surface area (Å²) in [5.41, 5.74) is 2.72. The topological polar surface area (TPSA) is 86.6 Å². The SMILES string of the molecule is C[C@@H](O)[C@H](NC(=O)CSc1ccc2c(c1)CCC2)C(=O)O. The second-order valence-corrected chi connectivity index (χ2v) is 6.25. The number of hydrogen-bond donors (Lipinski definition) is 3. The van der Waals surface area contributed by atoms with E-state index in [0.29, 0.717) is 0 Å². The van der Waals surface area contributed by atoms with Crippen molar-refractivity contribution >= 4 is 23.6 Å². The van der Waals surface area contributed by atoms with Gasteiger partial charge in [0, 0.05) is 4.90 Å². The van der Waals surface area contributed by atoms with Gasteiger partial charge in [0.25, 0.3) is 0 Å². The van der Waals surface area contributed by atoms with Crippen molar-refractivity contribution in [3.8, 4) is 0 Å². The highest BCUT2D eigenvalue weighted by Crippen LogP contribution is 2.27. The van der Waals surface area contributed by atoms with Crippen molar-refractivity contribution in [1.29, 1.82) is 0 Å². The lowest BCUT2D eigenvalue weighted by Gasteiger charge is -2.16. The number of carboxylic acids is 1. The number of hydrogen-bond acceptors (Lipinski definition) is 4. The highest BCUT2D eigenvalue weighted by molar-refractivity contribution is 8.00. The van der Waals surface area contributed by atoms with E-state index in [2.05, 4.69) is 17.4 Å². The number of thioether (sulfide) groups is 1. The third-order valence-corrected chi connectivity index (χ3v) is 4.50. The first-order valence-corrected chi connectivity index (χ1v) is 7.91. The van der Waals surface area contributed by atoms with Crippen molar-refractivity contribution in [2.24, 2.45) is 0 Å². The number of aliphatic carboxylic acids is 1. The zero-order valence-electron chi connectivity index (χ0n) is 11.8. The monoisotopic (exact) mass is 309 g/mol. The number of aryl methyl sites for hydroxylation is 2. The normalized spacial score (nSPS) is 16.1. The van der Waals surface area contributed by atoms with Gasteiger partial charge in [0.05, 0.1) is 11.9 Å². The smallest absolute Gasteiger partial charge is 0.328 e. The van der Waals surface area contributed by atoms with Crippen molar-refractivity contribution in [1.82, 2.24) is 5.32 Å². The van der Waals surface area contributed by atoms with E-state index in [1.165, 1.54) is 36.2 Å². The highest BCUT2D eigenvalue weighted by atomic mass is 32.2. The van der Waals surface area contributed by atoms with Crippen molar-refractivity contribution < 1.29 is 19.8 Å². The number of aliphatic hydroxyl groups is 1. The summed E-state index contributed by atoms with van der Waals surface area (Å²) in [7, 11) is 0. The van der Waals surface area contributed by atoms with Crippen LogP contribution in [0.1, 0.15) is 24.5 Å². The Balaban J connectivity index is 1.88. The first kappa shape index (κ1) is 15.9. The Kier molecular flexibility index (Phi) is 5.25. The molecule has 0 fully saturated rings. The third-order valence-electron chi connectivity index (χ3n) is 3.50. The molecular formula is C15H19NO4S. The van der Waals surface area contributed by atoms with E-state index >= 15 is 0 Å². The summed E-state index contributed by atoms with van der Waals surface area (Å²) in [5, 5.41) is 20.6. The molecule has 114 valence electrons. The van der Waals surface area contributed by atoms with E-state index in [-0.39, 0.29) is 5.75 Å². The summed E-state index contributed by atoms with van der Waals surface area (Å²) in [4.78, 5) is 23.7. The van der Waals surface area contributed by atoms with Crippen molar-refractivity contribution in [2.45, 2.75) is 43.2 Å². The van der Waals surface area contributed by atoms with Crippen LogP contribution in [-0.4, -0.2) is 40.0 Å². The van der Waals surface area contributed by atoms with Gasteiger partial charge in [-0.2, -0.15) is 0 Å². The zero-order chi connectivity index (χ0) is 15.4. The quantitative estimate of drug-likeness (QED) is 0.688. The molecule has 0 aliphatic heterocycles. The van der Waals surface area contributed by atoms with Crippen LogP contribution < -0.4 is 5.32 Å². The molecule has 2 rings (SSSR count). The molecule has 5 nitrogen and oxygen atoms in total. The van der Waals surface area contributed by atoms with Crippen LogP contribution in [0.3, 0.4) is 0 Å². The molecule has 0 bridgehead atoms. The van der Waals surface area contributed by atoms with Crippen LogP contribution in [0.25, 0.3) is 0 Å².